The molecule has 0 spiro atoms. The molecule has 1 fully saturated rings. The SMILES string of the molecule is CNCC1CCN(CCOc2cccc(Br)c2)CC1. The van der Waals surface area contributed by atoms with Crippen molar-refractivity contribution in [2.45, 2.75) is 12.8 Å². The van der Waals surface area contributed by atoms with Crippen LogP contribution in [-0.2, 0) is 0 Å². The fourth-order valence-corrected chi connectivity index (χ4v) is 2.93. The first kappa shape index (κ1) is 14.8. The Morgan fingerprint density at radius 2 is 2.16 bits per heavy atom. The van der Waals surface area contributed by atoms with Gasteiger partial charge in [-0.15, -0.1) is 0 Å². The van der Waals surface area contributed by atoms with Gasteiger partial charge in [0.15, 0.2) is 0 Å². The Bertz CT molecular complexity index is 378. The molecule has 0 unspecified atom stereocenters. The van der Waals surface area contributed by atoms with Crippen molar-refractivity contribution in [3.8, 4) is 5.75 Å². The van der Waals surface area contributed by atoms with Crippen molar-refractivity contribution in [1.82, 2.24) is 10.2 Å². The molecule has 0 aliphatic carbocycles. The summed E-state index contributed by atoms with van der Waals surface area (Å²) in [6, 6.07) is 8.03. The number of nitrogens with zero attached hydrogens (tertiary/aromatic N) is 1. The highest BCUT2D eigenvalue weighted by atomic mass is 79.9. The lowest BCUT2D eigenvalue weighted by atomic mass is 9.97. The van der Waals surface area contributed by atoms with E-state index in [1.165, 1.54) is 25.9 Å². The van der Waals surface area contributed by atoms with Gasteiger partial charge < -0.3 is 10.1 Å². The van der Waals surface area contributed by atoms with Crippen molar-refractivity contribution >= 4 is 15.9 Å². The van der Waals surface area contributed by atoms with Crippen molar-refractivity contribution < 1.29 is 4.74 Å². The minimum atomic E-state index is 0.771. The van der Waals surface area contributed by atoms with E-state index >= 15 is 0 Å². The van der Waals surface area contributed by atoms with Gasteiger partial charge in [0.25, 0.3) is 0 Å². The minimum absolute atomic E-state index is 0.771. The quantitative estimate of drug-likeness (QED) is 0.870. The zero-order valence-corrected chi connectivity index (χ0v) is 13.2. The molecule has 1 aliphatic rings. The van der Waals surface area contributed by atoms with Gasteiger partial charge in [0.2, 0.25) is 0 Å². The van der Waals surface area contributed by atoms with Gasteiger partial charge in [0.05, 0.1) is 0 Å². The predicted molar refractivity (Wildman–Crippen MR) is 82.7 cm³/mol. The van der Waals surface area contributed by atoms with Gasteiger partial charge >= 0.3 is 0 Å². The van der Waals surface area contributed by atoms with Crippen LogP contribution in [0.4, 0.5) is 0 Å². The summed E-state index contributed by atoms with van der Waals surface area (Å²) in [5.41, 5.74) is 0. The summed E-state index contributed by atoms with van der Waals surface area (Å²) in [5, 5.41) is 3.27. The van der Waals surface area contributed by atoms with Gasteiger partial charge in [0.1, 0.15) is 12.4 Å². The molecule has 0 radical (unpaired) electrons. The second-order valence-corrected chi connectivity index (χ2v) is 6.06. The summed E-state index contributed by atoms with van der Waals surface area (Å²) < 4.78 is 6.85. The van der Waals surface area contributed by atoms with Gasteiger partial charge in [-0.3, -0.25) is 4.90 Å². The molecular weight excluding hydrogens is 304 g/mol. The summed E-state index contributed by atoms with van der Waals surface area (Å²) in [5.74, 6) is 1.80. The summed E-state index contributed by atoms with van der Waals surface area (Å²) in [7, 11) is 2.04. The standard InChI is InChI=1S/C15H23BrN2O/c1-17-12-13-5-7-18(8-6-13)9-10-19-15-4-2-3-14(16)11-15/h2-4,11,13,17H,5-10,12H2,1H3. The fraction of sp³-hybridized carbons (Fsp3) is 0.600. The highest BCUT2D eigenvalue weighted by Gasteiger charge is 2.18. The van der Waals surface area contributed by atoms with E-state index in [-0.39, 0.29) is 0 Å². The fourth-order valence-electron chi connectivity index (χ4n) is 2.55. The second kappa shape index (κ2) is 7.88. The lowest BCUT2D eigenvalue weighted by molar-refractivity contribution is 0.155. The number of ether oxygens (including phenoxy) is 1. The average Bonchev–Trinajstić information content (AvgIpc) is 2.41. The van der Waals surface area contributed by atoms with Gasteiger partial charge in [-0.05, 0) is 63.6 Å². The van der Waals surface area contributed by atoms with Gasteiger partial charge in [-0.2, -0.15) is 0 Å². The van der Waals surface area contributed by atoms with E-state index in [4.69, 9.17) is 4.74 Å². The maximum atomic E-state index is 5.78. The topological polar surface area (TPSA) is 24.5 Å². The van der Waals surface area contributed by atoms with Gasteiger partial charge in [0, 0.05) is 11.0 Å². The molecule has 2 rings (SSSR count). The second-order valence-electron chi connectivity index (χ2n) is 5.15. The normalized spacial score (nSPS) is 17.6. The van der Waals surface area contributed by atoms with Crippen LogP contribution in [0.15, 0.2) is 28.7 Å². The molecule has 1 aromatic carbocycles. The summed E-state index contributed by atoms with van der Waals surface area (Å²) in [4.78, 5) is 2.50. The van der Waals surface area contributed by atoms with E-state index in [0.717, 1.165) is 35.8 Å². The number of piperidine rings is 1. The largest absolute Gasteiger partial charge is 0.492 e. The van der Waals surface area contributed by atoms with Gasteiger partial charge in [-0.1, -0.05) is 22.0 Å². The Hall–Kier alpha value is -0.580. The van der Waals surface area contributed by atoms with Gasteiger partial charge in [-0.25, -0.2) is 0 Å². The summed E-state index contributed by atoms with van der Waals surface area (Å²) in [6.45, 7) is 5.36. The van der Waals surface area contributed by atoms with Crippen LogP contribution in [0.3, 0.4) is 0 Å². The zero-order chi connectivity index (χ0) is 13.5. The molecule has 3 nitrogen and oxygen atoms in total. The minimum Gasteiger partial charge on any atom is -0.492 e. The van der Waals surface area contributed by atoms with E-state index < -0.39 is 0 Å². The number of hydrogen-bond donors (Lipinski definition) is 1. The first-order valence-corrected chi connectivity index (χ1v) is 7.82. The molecule has 1 saturated heterocycles. The van der Waals surface area contributed by atoms with Crippen molar-refractivity contribution in [3.63, 3.8) is 0 Å². The predicted octanol–water partition coefficient (Wildman–Crippen LogP) is 2.76. The Morgan fingerprint density at radius 3 is 2.84 bits per heavy atom. The summed E-state index contributed by atoms with van der Waals surface area (Å²) in [6.07, 6.45) is 2.61. The van der Waals surface area contributed by atoms with E-state index in [2.05, 4.69) is 26.1 Å². The molecule has 1 heterocycles. The molecule has 0 atom stereocenters. The average molecular weight is 327 g/mol. The van der Waals surface area contributed by atoms with Crippen LogP contribution < -0.4 is 10.1 Å². The van der Waals surface area contributed by atoms with Crippen molar-refractivity contribution in [3.05, 3.63) is 28.7 Å². The molecular formula is C15H23BrN2O. The first-order chi connectivity index (χ1) is 9.28. The lowest BCUT2D eigenvalue weighted by Gasteiger charge is -2.31. The Morgan fingerprint density at radius 1 is 1.37 bits per heavy atom. The molecule has 0 aromatic heterocycles. The number of benzene rings is 1. The number of nitrogens with one attached hydrogen (secondary N) is 1. The number of likely N-dealkylation sites (tertiary alicyclic amines) is 1. The van der Waals surface area contributed by atoms with Crippen molar-refractivity contribution in [1.29, 1.82) is 0 Å². The lowest BCUT2D eigenvalue weighted by Crippen LogP contribution is -2.38. The molecule has 1 aliphatic heterocycles. The monoisotopic (exact) mass is 326 g/mol. The molecule has 0 bridgehead atoms. The highest BCUT2D eigenvalue weighted by molar-refractivity contribution is 9.10. The summed E-state index contributed by atoms with van der Waals surface area (Å²) >= 11 is 3.46. The molecule has 106 valence electrons. The zero-order valence-electron chi connectivity index (χ0n) is 11.6. The van der Waals surface area contributed by atoms with Crippen LogP contribution >= 0.6 is 15.9 Å². The molecule has 4 heteroatoms. The number of rotatable bonds is 6. The Kier molecular flexibility index (Phi) is 6.14. The number of halogens is 1. The van der Waals surface area contributed by atoms with Crippen molar-refractivity contribution in [2.24, 2.45) is 5.92 Å². The third kappa shape index (κ3) is 5.13. The van der Waals surface area contributed by atoms with Crippen LogP contribution in [-0.4, -0.2) is 44.7 Å². The van der Waals surface area contributed by atoms with Crippen LogP contribution in [0.5, 0.6) is 5.75 Å². The maximum Gasteiger partial charge on any atom is 0.120 e. The maximum absolute atomic E-state index is 5.78. The van der Waals surface area contributed by atoms with Crippen LogP contribution in [0.2, 0.25) is 0 Å². The third-order valence-electron chi connectivity index (χ3n) is 3.67. The van der Waals surface area contributed by atoms with Crippen LogP contribution in [0.25, 0.3) is 0 Å². The smallest absolute Gasteiger partial charge is 0.120 e. The molecule has 1 N–H and O–H groups in total. The Labute approximate surface area is 124 Å². The van der Waals surface area contributed by atoms with Crippen molar-refractivity contribution in [2.75, 3.05) is 39.8 Å². The third-order valence-corrected chi connectivity index (χ3v) is 4.17. The van der Waals surface area contributed by atoms with Crippen LogP contribution in [0.1, 0.15) is 12.8 Å². The Balaban J connectivity index is 1.64. The number of hydrogen-bond acceptors (Lipinski definition) is 3. The van der Waals surface area contributed by atoms with E-state index in [1.54, 1.807) is 0 Å². The van der Waals surface area contributed by atoms with E-state index in [9.17, 15) is 0 Å². The molecule has 0 amide bonds. The van der Waals surface area contributed by atoms with E-state index in [1.807, 2.05) is 31.3 Å². The highest BCUT2D eigenvalue weighted by Crippen LogP contribution is 2.18. The van der Waals surface area contributed by atoms with E-state index in [0.29, 0.717) is 0 Å². The molecule has 0 saturated carbocycles. The first-order valence-electron chi connectivity index (χ1n) is 7.03. The molecule has 19 heavy (non-hydrogen) atoms. The van der Waals surface area contributed by atoms with Crippen LogP contribution in [0, 0.1) is 5.92 Å². The molecule has 1 aromatic rings.